The predicted molar refractivity (Wildman–Crippen MR) is 116 cm³/mol. The third-order valence-electron chi connectivity index (χ3n) is 5.00. The van der Waals surface area contributed by atoms with E-state index in [2.05, 4.69) is 15.6 Å². The van der Waals surface area contributed by atoms with Gasteiger partial charge in [-0.25, -0.2) is 4.98 Å². The first-order valence-corrected chi connectivity index (χ1v) is 9.94. The summed E-state index contributed by atoms with van der Waals surface area (Å²) in [6, 6.07) is 13.6. The van der Waals surface area contributed by atoms with Crippen LogP contribution in [0.1, 0.15) is 30.8 Å². The van der Waals surface area contributed by atoms with Crippen LogP contribution in [-0.4, -0.2) is 27.9 Å². The number of anilines is 1. The Hall–Kier alpha value is -3.15. The third kappa shape index (κ3) is 5.02. The van der Waals surface area contributed by atoms with Crippen molar-refractivity contribution in [3.05, 3.63) is 59.4 Å². The zero-order chi connectivity index (χ0) is 21.0. The van der Waals surface area contributed by atoms with E-state index in [1.807, 2.05) is 74.7 Å². The standard InChI is InChI=1S/C23H28N4O2/c1-15(2)23(29)24-12-11-21-26-19-7-5-6-8-20(19)27(21)14-22(28)25-18-10-9-16(3)17(4)13-18/h5-10,13,15H,11-12,14H2,1-4H3,(H,24,29)(H,25,28). The van der Waals surface area contributed by atoms with Crippen LogP contribution in [0.4, 0.5) is 5.69 Å². The van der Waals surface area contributed by atoms with Gasteiger partial charge in [0.15, 0.2) is 0 Å². The zero-order valence-electron chi connectivity index (χ0n) is 17.5. The zero-order valence-corrected chi connectivity index (χ0v) is 17.5. The van der Waals surface area contributed by atoms with Crippen LogP contribution in [0.25, 0.3) is 11.0 Å². The lowest BCUT2D eigenvalue weighted by Gasteiger charge is -2.12. The van der Waals surface area contributed by atoms with Gasteiger partial charge in [-0.3, -0.25) is 9.59 Å². The number of hydrogen-bond acceptors (Lipinski definition) is 3. The number of aromatic nitrogens is 2. The molecule has 152 valence electrons. The molecule has 6 nitrogen and oxygen atoms in total. The Balaban J connectivity index is 1.76. The van der Waals surface area contributed by atoms with Gasteiger partial charge < -0.3 is 15.2 Å². The maximum atomic E-state index is 12.7. The van der Waals surface area contributed by atoms with Crippen molar-refractivity contribution >= 4 is 28.5 Å². The Morgan fingerprint density at radius 2 is 1.83 bits per heavy atom. The lowest BCUT2D eigenvalue weighted by molar-refractivity contribution is -0.124. The first kappa shape index (κ1) is 20.6. The van der Waals surface area contributed by atoms with Crippen molar-refractivity contribution in [1.29, 1.82) is 0 Å². The molecule has 2 aromatic carbocycles. The van der Waals surface area contributed by atoms with Crippen molar-refractivity contribution < 1.29 is 9.59 Å². The molecule has 1 aromatic heterocycles. The minimum Gasteiger partial charge on any atom is -0.355 e. The lowest BCUT2D eigenvalue weighted by atomic mass is 10.1. The van der Waals surface area contributed by atoms with Crippen molar-refractivity contribution in [2.75, 3.05) is 11.9 Å². The molecule has 6 heteroatoms. The molecule has 0 saturated carbocycles. The van der Waals surface area contributed by atoms with Crippen molar-refractivity contribution in [1.82, 2.24) is 14.9 Å². The second-order valence-corrected chi connectivity index (χ2v) is 7.65. The van der Waals surface area contributed by atoms with Gasteiger partial charge in [0, 0.05) is 24.6 Å². The van der Waals surface area contributed by atoms with Gasteiger partial charge in [0.2, 0.25) is 11.8 Å². The van der Waals surface area contributed by atoms with Gasteiger partial charge >= 0.3 is 0 Å². The number of imidazole rings is 1. The quantitative estimate of drug-likeness (QED) is 0.645. The molecule has 0 radical (unpaired) electrons. The van der Waals surface area contributed by atoms with Crippen LogP contribution in [-0.2, 0) is 22.6 Å². The molecule has 0 aliphatic rings. The van der Waals surface area contributed by atoms with Gasteiger partial charge in [0.05, 0.1) is 11.0 Å². The molecule has 2 N–H and O–H groups in total. The Morgan fingerprint density at radius 1 is 1.07 bits per heavy atom. The van der Waals surface area contributed by atoms with Crippen LogP contribution in [0.2, 0.25) is 0 Å². The van der Waals surface area contributed by atoms with E-state index in [0.717, 1.165) is 28.1 Å². The maximum Gasteiger partial charge on any atom is 0.244 e. The molecule has 29 heavy (non-hydrogen) atoms. The van der Waals surface area contributed by atoms with Gasteiger partial charge in [-0.2, -0.15) is 0 Å². The Labute approximate surface area is 171 Å². The highest BCUT2D eigenvalue weighted by atomic mass is 16.2. The maximum absolute atomic E-state index is 12.7. The molecule has 3 rings (SSSR count). The SMILES string of the molecule is Cc1ccc(NC(=O)Cn2c(CCNC(=O)C(C)C)nc3ccccc32)cc1C. The van der Waals surface area contributed by atoms with Crippen LogP contribution in [0, 0.1) is 19.8 Å². The number of aryl methyl sites for hydroxylation is 2. The average molecular weight is 393 g/mol. The first-order valence-electron chi connectivity index (χ1n) is 9.94. The number of carbonyl (C=O) groups is 2. The summed E-state index contributed by atoms with van der Waals surface area (Å²) in [5.74, 6) is 0.632. The normalized spacial score (nSPS) is 11.1. The molecular formula is C23H28N4O2. The smallest absolute Gasteiger partial charge is 0.244 e. The number of fused-ring (bicyclic) bond motifs is 1. The van der Waals surface area contributed by atoms with Gasteiger partial charge in [-0.1, -0.05) is 32.0 Å². The van der Waals surface area contributed by atoms with E-state index >= 15 is 0 Å². The minimum atomic E-state index is -0.108. The fourth-order valence-electron chi connectivity index (χ4n) is 3.16. The number of nitrogens with one attached hydrogen (secondary N) is 2. The van der Waals surface area contributed by atoms with Crippen molar-refractivity contribution in [3.63, 3.8) is 0 Å². The van der Waals surface area contributed by atoms with Gasteiger partial charge in [-0.05, 0) is 49.2 Å². The monoisotopic (exact) mass is 392 g/mol. The van der Waals surface area contributed by atoms with E-state index in [1.165, 1.54) is 5.56 Å². The molecule has 0 unspecified atom stereocenters. The predicted octanol–water partition coefficient (Wildman–Crippen LogP) is 3.61. The second kappa shape index (κ2) is 8.90. The number of carbonyl (C=O) groups excluding carboxylic acids is 2. The number of para-hydroxylation sites is 2. The number of hydrogen-bond donors (Lipinski definition) is 2. The highest BCUT2D eigenvalue weighted by molar-refractivity contribution is 5.92. The Bertz CT molecular complexity index is 1040. The van der Waals surface area contributed by atoms with Crippen LogP contribution < -0.4 is 10.6 Å². The summed E-state index contributed by atoms with van der Waals surface area (Å²) in [6.45, 7) is 8.45. The van der Waals surface area contributed by atoms with Crippen LogP contribution in [0.15, 0.2) is 42.5 Å². The topological polar surface area (TPSA) is 76.0 Å². The minimum absolute atomic E-state index is 0.0140. The van der Waals surface area contributed by atoms with Crippen LogP contribution >= 0.6 is 0 Å². The van der Waals surface area contributed by atoms with Gasteiger partial charge in [0.1, 0.15) is 12.4 Å². The third-order valence-corrected chi connectivity index (χ3v) is 5.00. The number of amides is 2. The van der Waals surface area contributed by atoms with E-state index < -0.39 is 0 Å². The van der Waals surface area contributed by atoms with Crippen LogP contribution in [0.3, 0.4) is 0 Å². The van der Waals surface area contributed by atoms with E-state index in [1.54, 1.807) is 0 Å². The number of benzene rings is 2. The molecule has 0 aliphatic heterocycles. The lowest BCUT2D eigenvalue weighted by Crippen LogP contribution is -2.30. The van der Waals surface area contributed by atoms with E-state index in [9.17, 15) is 9.59 Å². The largest absolute Gasteiger partial charge is 0.355 e. The summed E-state index contributed by atoms with van der Waals surface area (Å²) < 4.78 is 1.92. The number of nitrogens with zero attached hydrogens (tertiary/aromatic N) is 2. The summed E-state index contributed by atoms with van der Waals surface area (Å²) in [5, 5.41) is 5.89. The number of rotatable bonds is 7. The first-order chi connectivity index (χ1) is 13.8. The summed E-state index contributed by atoms with van der Waals surface area (Å²) >= 11 is 0. The van der Waals surface area contributed by atoms with Crippen LogP contribution in [0.5, 0.6) is 0 Å². The molecule has 0 bridgehead atoms. The van der Waals surface area contributed by atoms with Crippen molar-refractivity contribution in [2.45, 2.75) is 40.7 Å². The molecule has 1 heterocycles. The molecule has 0 spiro atoms. The molecule has 0 saturated heterocycles. The molecule has 0 atom stereocenters. The Kier molecular flexibility index (Phi) is 6.32. The van der Waals surface area contributed by atoms with Crippen molar-refractivity contribution in [3.8, 4) is 0 Å². The fourth-order valence-corrected chi connectivity index (χ4v) is 3.16. The fraction of sp³-hybridized carbons (Fsp3) is 0.348. The van der Waals surface area contributed by atoms with E-state index in [0.29, 0.717) is 13.0 Å². The summed E-state index contributed by atoms with van der Waals surface area (Å²) in [7, 11) is 0. The average Bonchev–Trinajstić information content (AvgIpc) is 3.02. The molecule has 3 aromatic rings. The molecule has 0 fully saturated rings. The van der Waals surface area contributed by atoms with Gasteiger partial charge in [0.25, 0.3) is 0 Å². The van der Waals surface area contributed by atoms with Crippen molar-refractivity contribution in [2.24, 2.45) is 5.92 Å². The molecule has 2 amide bonds. The highest BCUT2D eigenvalue weighted by Crippen LogP contribution is 2.18. The highest BCUT2D eigenvalue weighted by Gasteiger charge is 2.14. The summed E-state index contributed by atoms with van der Waals surface area (Å²) in [5.41, 5.74) is 4.87. The second-order valence-electron chi connectivity index (χ2n) is 7.65. The van der Waals surface area contributed by atoms with E-state index in [-0.39, 0.29) is 24.3 Å². The summed E-state index contributed by atoms with van der Waals surface area (Å²) in [4.78, 5) is 29.2. The molecule has 0 aliphatic carbocycles. The van der Waals surface area contributed by atoms with E-state index in [4.69, 9.17) is 0 Å². The summed E-state index contributed by atoms with van der Waals surface area (Å²) in [6.07, 6.45) is 0.560. The Morgan fingerprint density at radius 3 is 2.55 bits per heavy atom. The van der Waals surface area contributed by atoms with Gasteiger partial charge in [-0.15, -0.1) is 0 Å². The molecular weight excluding hydrogens is 364 g/mol.